The zero-order valence-electron chi connectivity index (χ0n) is 12.0. The highest BCUT2D eigenvalue weighted by Gasteiger charge is 2.33. The minimum absolute atomic E-state index is 0.0585. The summed E-state index contributed by atoms with van der Waals surface area (Å²) in [6.07, 6.45) is 1.84. The number of hydrogen-bond acceptors (Lipinski definition) is 3. The molecular formula is C14H21FN2O2S. The SMILES string of the molecule is Cc1cc(F)c(N)cc1S(=O)(=O)NC1CCC(C)C1C. The van der Waals surface area contributed by atoms with E-state index in [0.29, 0.717) is 17.4 Å². The molecule has 0 aliphatic heterocycles. The Balaban J connectivity index is 2.30. The molecule has 0 aromatic heterocycles. The molecule has 0 bridgehead atoms. The number of nitrogen functional groups attached to an aromatic ring is 1. The van der Waals surface area contributed by atoms with Crippen LogP contribution >= 0.6 is 0 Å². The van der Waals surface area contributed by atoms with Crippen molar-refractivity contribution < 1.29 is 12.8 Å². The molecule has 20 heavy (non-hydrogen) atoms. The largest absolute Gasteiger partial charge is 0.396 e. The third-order valence-corrected chi connectivity index (χ3v) is 5.99. The molecule has 1 aliphatic carbocycles. The highest BCUT2D eigenvalue weighted by molar-refractivity contribution is 7.89. The van der Waals surface area contributed by atoms with Gasteiger partial charge >= 0.3 is 0 Å². The maximum absolute atomic E-state index is 13.3. The van der Waals surface area contributed by atoms with Crippen LogP contribution in [0, 0.1) is 24.6 Å². The van der Waals surface area contributed by atoms with Crippen molar-refractivity contribution in [1.29, 1.82) is 0 Å². The van der Waals surface area contributed by atoms with Crippen molar-refractivity contribution in [1.82, 2.24) is 4.72 Å². The van der Waals surface area contributed by atoms with E-state index < -0.39 is 15.8 Å². The van der Waals surface area contributed by atoms with Gasteiger partial charge in [-0.2, -0.15) is 0 Å². The van der Waals surface area contributed by atoms with Gasteiger partial charge in [0.15, 0.2) is 0 Å². The van der Waals surface area contributed by atoms with Crippen molar-refractivity contribution in [2.45, 2.75) is 44.6 Å². The minimum atomic E-state index is -3.67. The predicted molar refractivity (Wildman–Crippen MR) is 77.2 cm³/mol. The van der Waals surface area contributed by atoms with Crippen LogP contribution in [-0.2, 0) is 10.0 Å². The first-order valence-corrected chi connectivity index (χ1v) is 8.28. The molecule has 2 rings (SSSR count). The molecule has 112 valence electrons. The number of nitrogens with one attached hydrogen (secondary N) is 1. The first-order chi connectivity index (χ1) is 9.22. The zero-order chi connectivity index (χ0) is 15.1. The van der Waals surface area contributed by atoms with Crippen LogP contribution < -0.4 is 10.5 Å². The second-order valence-electron chi connectivity index (χ2n) is 5.78. The number of aryl methyl sites for hydroxylation is 1. The lowest BCUT2D eigenvalue weighted by molar-refractivity contribution is 0.402. The summed E-state index contributed by atoms with van der Waals surface area (Å²) in [5, 5.41) is 0. The Labute approximate surface area is 119 Å². The molecular weight excluding hydrogens is 279 g/mol. The molecule has 3 unspecified atom stereocenters. The number of benzene rings is 1. The van der Waals surface area contributed by atoms with Gasteiger partial charge in [0.25, 0.3) is 0 Å². The molecule has 1 aromatic rings. The van der Waals surface area contributed by atoms with E-state index in [2.05, 4.69) is 18.6 Å². The number of nitrogens with two attached hydrogens (primary N) is 1. The minimum Gasteiger partial charge on any atom is -0.396 e. The summed E-state index contributed by atoms with van der Waals surface area (Å²) in [7, 11) is -3.67. The summed E-state index contributed by atoms with van der Waals surface area (Å²) in [6, 6.07) is 2.28. The van der Waals surface area contributed by atoms with Crippen molar-refractivity contribution in [2.24, 2.45) is 11.8 Å². The number of halogens is 1. The van der Waals surface area contributed by atoms with Crippen LogP contribution in [0.5, 0.6) is 0 Å². The Morgan fingerprint density at radius 2 is 1.95 bits per heavy atom. The third-order valence-electron chi connectivity index (χ3n) is 4.36. The molecule has 0 heterocycles. The number of anilines is 1. The highest BCUT2D eigenvalue weighted by Crippen LogP contribution is 2.32. The van der Waals surface area contributed by atoms with Crippen molar-refractivity contribution >= 4 is 15.7 Å². The topological polar surface area (TPSA) is 72.2 Å². The van der Waals surface area contributed by atoms with E-state index in [-0.39, 0.29) is 16.6 Å². The van der Waals surface area contributed by atoms with Gasteiger partial charge in [0, 0.05) is 6.04 Å². The Kier molecular flexibility index (Phi) is 4.07. The van der Waals surface area contributed by atoms with Crippen molar-refractivity contribution in [3.63, 3.8) is 0 Å². The lowest BCUT2D eigenvalue weighted by Gasteiger charge is -2.20. The molecule has 1 aliphatic rings. The summed E-state index contributed by atoms with van der Waals surface area (Å²) in [6.45, 7) is 5.74. The number of rotatable bonds is 3. The van der Waals surface area contributed by atoms with Crippen LogP contribution in [0.25, 0.3) is 0 Å². The first kappa shape index (κ1) is 15.3. The standard InChI is InChI=1S/C14H21FN2O2S/c1-8-4-5-13(10(8)3)17-20(18,19)14-7-12(16)11(15)6-9(14)2/h6-8,10,13,17H,4-5,16H2,1-3H3. The van der Waals surface area contributed by atoms with Gasteiger partial charge in [-0.25, -0.2) is 17.5 Å². The summed E-state index contributed by atoms with van der Waals surface area (Å²) in [5.41, 5.74) is 5.69. The second-order valence-corrected chi connectivity index (χ2v) is 7.46. The Morgan fingerprint density at radius 1 is 1.30 bits per heavy atom. The molecule has 1 aromatic carbocycles. The Bertz CT molecular complexity index is 616. The summed E-state index contributed by atoms with van der Waals surface area (Å²) in [4.78, 5) is 0.0585. The van der Waals surface area contributed by atoms with Gasteiger partial charge in [0.2, 0.25) is 10.0 Å². The van der Waals surface area contributed by atoms with Gasteiger partial charge in [-0.3, -0.25) is 0 Å². The fourth-order valence-corrected chi connectivity index (χ4v) is 4.37. The molecule has 0 amide bonds. The van der Waals surface area contributed by atoms with Gasteiger partial charge in [-0.05, 0) is 49.3 Å². The molecule has 3 atom stereocenters. The Hall–Kier alpha value is -1.14. The summed E-state index contributed by atoms with van der Waals surface area (Å²) >= 11 is 0. The van der Waals surface area contributed by atoms with Crippen LogP contribution in [0.2, 0.25) is 0 Å². The van der Waals surface area contributed by atoms with Gasteiger partial charge in [0.1, 0.15) is 5.82 Å². The quantitative estimate of drug-likeness (QED) is 0.842. The fraction of sp³-hybridized carbons (Fsp3) is 0.571. The van der Waals surface area contributed by atoms with Crippen molar-refractivity contribution in [3.05, 3.63) is 23.5 Å². The fourth-order valence-electron chi connectivity index (χ4n) is 2.75. The Morgan fingerprint density at radius 3 is 2.50 bits per heavy atom. The third kappa shape index (κ3) is 2.81. The molecule has 0 spiro atoms. The smallest absolute Gasteiger partial charge is 0.241 e. The van der Waals surface area contributed by atoms with Gasteiger partial charge in [-0.1, -0.05) is 13.8 Å². The molecule has 0 radical (unpaired) electrons. The summed E-state index contributed by atoms with van der Waals surface area (Å²) < 4.78 is 40.9. The van der Waals surface area contributed by atoms with Crippen LogP contribution in [0.3, 0.4) is 0 Å². The lowest BCUT2D eigenvalue weighted by atomic mass is 9.98. The van der Waals surface area contributed by atoms with Crippen molar-refractivity contribution in [2.75, 3.05) is 5.73 Å². The molecule has 3 N–H and O–H groups in total. The molecule has 1 fully saturated rings. The number of sulfonamides is 1. The maximum Gasteiger partial charge on any atom is 0.241 e. The van der Waals surface area contributed by atoms with E-state index in [0.717, 1.165) is 18.9 Å². The maximum atomic E-state index is 13.3. The van der Waals surface area contributed by atoms with E-state index in [9.17, 15) is 12.8 Å². The van der Waals surface area contributed by atoms with E-state index in [1.165, 1.54) is 6.07 Å². The van der Waals surface area contributed by atoms with E-state index in [4.69, 9.17) is 5.73 Å². The molecule has 1 saturated carbocycles. The molecule has 6 heteroatoms. The molecule has 4 nitrogen and oxygen atoms in total. The van der Waals surface area contributed by atoms with Crippen LogP contribution in [0.15, 0.2) is 17.0 Å². The first-order valence-electron chi connectivity index (χ1n) is 6.80. The second kappa shape index (κ2) is 5.33. The average Bonchev–Trinajstić information content (AvgIpc) is 2.65. The van der Waals surface area contributed by atoms with Crippen LogP contribution in [-0.4, -0.2) is 14.5 Å². The van der Waals surface area contributed by atoms with Gasteiger partial charge in [-0.15, -0.1) is 0 Å². The van der Waals surface area contributed by atoms with Crippen molar-refractivity contribution in [3.8, 4) is 0 Å². The van der Waals surface area contributed by atoms with Crippen LogP contribution in [0.4, 0.5) is 10.1 Å². The van der Waals surface area contributed by atoms with E-state index >= 15 is 0 Å². The average molecular weight is 300 g/mol. The van der Waals surface area contributed by atoms with Gasteiger partial charge < -0.3 is 5.73 Å². The lowest BCUT2D eigenvalue weighted by Crippen LogP contribution is -2.37. The number of hydrogen-bond donors (Lipinski definition) is 2. The molecule has 0 saturated heterocycles. The van der Waals surface area contributed by atoms with Gasteiger partial charge in [0.05, 0.1) is 10.6 Å². The normalized spacial score (nSPS) is 26.9. The van der Waals surface area contributed by atoms with E-state index in [1.54, 1.807) is 6.92 Å². The summed E-state index contributed by atoms with van der Waals surface area (Å²) in [5.74, 6) is 0.203. The monoisotopic (exact) mass is 300 g/mol. The zero-order valence-corrected chi connectivity index (χ0v) is 12.8. The van der Waals surface area contributed by atoms with Crippen LogP contribution in [0.1, 0.15) is 32.3 Å². The highest BCUT2D eigenvalue weighted by atomic mass is 32.2. The van der Waals surface area contributed by atoms with E-state index in [1.807, 2.05) is 0 Å². The predicted octanol–water partition coefficient (Wildman–Crippen LogP) is 2.43.